The van der Waals surface area contributed by atoms with Gasteiger partial charge >= 0.3 is 11.9 Å². The van der Waals surface area contributed by atoms with Crippen LogP contribution in [0.1, 0.15) is 34.4 Å². The second kappa shape index (κ2) is 7.36. The second-order valence-corrected chi connectivity index (χ2v) is 6.49. The van der Waals surface area contributed by atoms with Crippen LogP contribution in [0, 0.1) is 13.8 Å². The van der Waals surface area contributed by atoms with Gasteiger partial charge in [-0.05, 0) is 43.2 Å². The second-order valence-electron chi connectivity index (χ2n) is 6.08. The molecule has 0 saturated heterocycles. The first-order valence-electron chi connectivity index (χ1n) is 8.19. The molecule has 0 amide bonds. The van der Waals surface area contributed by atoms with E-state index < -0.39 is 11.9 Å². The van der Waals surface area contributed by atoms with Gasteiger partial charge in [0, 0.05) is 11.9 Å². The number of imidazole rings is 1. The summed E-state index contributed by atoms with van der Waals surface area (Å²) in [5, 5.41) is 0.454. The number of carbonyl (C=O) groups is 2. The van der Waals surface area contributed by atoms with Crippen LogP contribution in [0.2, 0.25) is 5.02 Å². The summed E-state index contributed by atoms with van der Waals surface area (Å²) < 4.78 is 11.7. The lowest BCUT2D eigenvalue weighted by atomic mass is 10.2. The summed E-state index contributed by atoms with van der Waals surface area (Å²) in [6, 6.07) is 6.70. The fraction of sp³-hybridized carbons (Fsp3) is 0.263. The van der Waals surface area contributed by atoms with Crippen molar-refractivity contribution in [3.63, 3.8) is 0 Å². The van der Waals surface area contributed by atoms with E-state index in [0.29, 0.717) is 28.5 Å². The van der Waals surface area contributed by atoms with Crippen molar-refractivity contribution in [1.29, 1.82) is 0 Å². The summed E-state index contributed by atoms with van der Waals surface area (Å²) in [6.07, 6.45) is 0. The first kappa shape index (κ1) is 18.8. The number of fused-ring (bicyclic) bond motifs is 1. The van der Waals surface area contributed by atoms with Gasteiger partial charge in [0.2, 0.25) is 0 Å². The minimum absolute atomic E-state index is 0.222. The SMILES string of the molecule is COC(=O)c1cc(C)c2nc(C)n(Cc3ccc(OC(C)=O)cc3Cl)c2n1. The van der Waals surface area contributed by atoms with Gasteiger partial charge in [-0.15, -0.1) is 0 Å². The third-order valence-electron chi connectivity index (χ3n) is 4.09. The monoisotopic (exact) mass is 387 g/mol. The number of benzene rings is 1. The summed E-state index contributed by atoms with van der Waals surface area (Å²) in [6.45, 7) is 5.46. The summed E-state index contributed by atoms with van der Waals surface area (Å²) >= 11 is 6.35. The Hall–Kier alpha value is -2.93. The van der Waals surface area contributed by atoms with Crippen molar-refractivity contribution in [2.75, 3.05) is 7.11 Å². The van der Waals surface area contributed by atoms with Crippen LogP contribution < -0.4 is 4.74 Å². The highest BCUT2D eigenvalue weighted by atomic mass is 35.5. The molecule has 0 spiro atoms. The molecule has 0 atom stereocenters. The normalized spacial score (nSPS) is 10.9. The Balaban J connectivity index is 2.04. The molecular weight excluding hydrogens is 370 g/mol. The topological polar surface area (TPSA) is 83.3 Å². The molecule has 0 bridgehead atoms. The van der Waals surface area contributed by atoms with Gasteiger partial charge in [0.1, 0.15) is 17.1 Å². The molecule has 0 aliphatic carbocycles. The van der Waals surface area contributed by atoms with Gasteiger partial charge in [-0.3, -0.25) is 4.79 Å². The highest BCUT2D eigenvalue weighted by Gasteiger charge is 2.17. The maximum Gasteiger partial charge on any atom is 0.356 e. The van der Waals surface area contributed by atoms with Crippen LogP contribution in [-0.2, 0) is 16.1 Å². The molecule has 27 heavy (non-hydrogen) atoms. The molecule has 3 rings (SSSR count). The first-order chi connectivity index (χ1) is 12.8. The van der Waals surface area contributed by atoms with Crippen LogP contribution in [0.15, 0.2) is 24.3 Å². The van der Waals surface area contributed by atoms with E-state index in [-0.39, 0.29) is 5.69 Å². The van der Waals surface area contributed by atoms with Gasteiger partial charge in [-0.2, -0.15) is 0 Å². The highest BCUT2D eigenvalue weighted by Crippen LogP contribution is 2.26. The predicted molar refractivity (Wildman–Crippen MR) is 100 cm³/mol. The van der Waals surface area contributed by atoms with Gasteiger partial charge in [0.05, 0.1) is 13.7 Å². The largest absolute Gasteiger partial charge is 0.464 e. The Bertz CT molecular complexity index is 1060. The molecule has 2 heterocycles. The van der Waals surface area contributed by atoms with Gasteiger partial charge in [0.25, 0.3) is 0 Å². The first-order valence-corrected chi connectivity index (χ1v) is 8.57. The fourth-order valence-electron chi connectivity index (χ4n) is 2.81. The van der Waals surface area contributed by atoms with E-state index in [9.17, 15) is 9.59 Å². The molecule has 0 aliphatic heterocycles. The minimum Gasteiger partial charge on any atom is -0.464 e. The maximum absolute atomic E-state index is 11.9. The van der Waals surface area contributed by atoms with Gasteiger partial charge < -0.3 is 14.0 Å². The number of methoxy groups -OCH3 is 1. The number of aromatic nitrogens is 3. The molecule has 140 valence electrons. The number of ether oxygens (including phenoxy) is 2. The fourth-order valence-corrected chi connectivity index (χ4v) is 3.04. The van der Waals surface area contributed by atoms with Crippen LogP contribution in [0.4, 0.5) is 0 Å². The zero-order chi connectivity index (χ0) is 19.7. The zero-order valence-electron chi connectivity index (χ0n) is 15.4. The quantitative estimate of drug-likeness (QED) is 0.503. The lowest BCUT2D eigenvalue weighted by Crippen LogP contribution is -2.08. The summed E-state index contributed by atoms with van der Waals surface area (Å²) in [5.74, 6) is 0.201. The summed E-state index contributed by atoms with van der Waals surface area (Å²) in [4.78, 5) is 31.9. The van der Waals surface area contributed by atoms with E-state index in [4.69, 9.17) is 21.1 Å². The number of hydrogen-bond acceptors (Lipinski definition) is 6. The number of nitrogens with zero attached hydrogens (tertiary/aromatic N) is 3. The number of halogens is 1. The van der Waals surface area contributed by atoms with Crippen molar-refractivity contribution < 1.29 is 19.1 Å². The van der Waals surface area contributed by atoms with Crippen LogP contribution in [0.3, 0.4) is 0 Å². The smallest absolute Gasteiger partial charge is 0.356 e. The molecular formula is C19H18ClN3O4. The Morgan fingerprint density at radius 3 is 2.56 bits per heavy atom. The summed E-state index contributed by atoms with van der Waals surface area (Å²) in [7, 11) is 1.32. The van der Waals surface area contributed by atoms with E-state index >= 15 is 0 Å². The van der Waals surface area contributed by atoms with Gasteiger partial charge in [0.15, 0.2) is 11.3 Å². The molecule has 0 radical (unpaired) electrons. The molecule has 8 heteroatoms. The number of rotatable bonds is 4. The predicted octanol–water partition coefficient (Wildman–Crippen LogP) is 3.46. The van der Waals surface area contributed by atoms with Gasteiger partial charge in [-0.1, -0.05) is 17.7 Å². The molecule has 3 aromatic rings. The Morgan fingerprint density at radius 2 is 1.93 bits per heavy atom. The number of hydrogen-bond donors (Lipinski definition) is 0. The zero-order valence-corrected chi connectivity index (χ0v) is 16.1. The van der Waals surface area contributed by atoms with Crippen LogP contribution in [0.25, 0.3) is 11.2 Å². The Morgan fingerprint density at radius 1 is 1.19 bits per heavy atom. The third kappa shape index (κ3) is 3.78. The molecule has 0 aliphatic rings. The lowest BCUT2D eigenvalue weighted by Gasteiger charge is -2.10. The van der Waals surface area contributed by atoms with E-state index in [1.807, 2.05) is 18.4 Å². The van der Waals surface area contributed by atoms with Crippen LogP contribution in [-0.4, -0.2) is 33.6 Å². The van der Waals surface area contributed by atoms with E-state index in [2.05, 4.69) is 9.97 Å². The van der Waals surface area contributed by atoms with Crippen molar-refractivity contribution in [2.45, 2.75) is 27.3 Å². The van der Waals surface area contributed by atoms with Crippen molar-refractivity contribution in [3.05, 3.63) is 51.9 Å². The number of carbonyl (C=O) groups excluding carboxylic acids is 2. The van der Waals surface area contributed by atoms with Crippen molar-refractivity contribution in [2.24, 2.45) is 0 Å². The summed E-state index contributed by atoms with van der Waals surface area (Å²) in [5.41, 5.74) is 3.15. The minimum atomic E-state index is -0.505. The molecule has 1 aromatic carbocycles. The highest BCUT2D eigenvalue weighted by molar-refractivity contribution is 6.31. The average molecular weight is 388 g/mol. The van der Waals surface area contributed by atoms with E-state index in [1.54, 1.807) is 24.3 Å². The van der Waals surface area contributed by atoms with E-state index in [1.165, 1.54) is 14.0 Å². The van der Waals surface area contributed by atoms with Crippen molar-refractivity contribution >= 4 is 34.7 Å². The molecule has 0 N–H and O–H groups in total. The molecule has 0 unspecified atom stereocenters. The van der Waals surface area contributed by atoms with Crippen LogP contribution in [0.5, 0.6) is 5.75 Å². The molecule has 0 saturated carbocycles. The lowest BCUT2D eigenvalue weighted by molar-refractivity contribution is -0.131. The van der Waals surface area contributed by atoms with Crippen LogP contribution >= 0.6 is 11.6 Å². The van der Waals surface area contributed by atoms with Crippen molar-refractivity contribution in [3.8, 4) is 5.75 Å². The molecule has 2 aromatic heterocycles. The third-order valence-corrected chi connectivity index (χ3v) is 4.45. The Labute approximate surface area is 160 Å². The van der Waals surface area contributed by atoms with E-state index in [0.717, 1.165) is 17.0 Å². The average Bonchev–Trinajstić information content (AvgIpc) is 2.92. The molecule has 7 nitrogen and oxygen atoms in total. The standard InChI is InChI=1S/C19H18ClN3O4/c1-10-7-16(19(25)26-4)22-18-17(10)21-11(2)23(18)9-13-5-6-14(8-15(13)20)27-12(3)24/h5-8H,9H2,1-4H3. The van der Waals surface area contributed by atoms with Gasteiger partial charge in [-0.25, -0.2) is 14.8 Å². The van der Waals surface area contributed by atoms with Crippen molar-refractivity contribution in [1.82, 2.24) is 14.5 Å². The number of aryl methyl sites for hydroxylation is 2. The maximum atomic E-state index is 11.9. The number of esters is 2. The number of pyridine rings is 1. The Kier molecular flexibility index (Phi) is 5.14. The molecule has 0 fully saturated rings.